The molecule has 2 rings (SSSR count). The van der Waals surface area contributed by atoms with Gasteiger partial charge in [0.1, 0.15) is 12.6 Å². The summed E-state index contributed by atoms with van der Waals surface area (Å²) in [7, 11) is 1.28. The summed E-state index contributed by atoms with van der Waals surface area (Å²) in [4.78, 5) is 15.1. The van der Waals surface area contributed by atoms with E-state index in [2.05, 4.69) is 14.8 Å². The molecule has 0 amide bonds. The van der Waals surface area contributed by atoms with Gasteiger partial charge < -0.3 is 15.2 Å². The Hall–Kier alpha value is -2.15. The van der Waals surface area contributed by atoms with Crippen molar-refractivity contribution in [3.63, 3.8) is 0 Å². The van der Waals surface area contributed by atoms with Gasteiger partial charge in [0.05, 0.1) is 7.11 Å². The Bertz CT molecular complexity index is 525. The van der Waals surface area contributed by atoms with Gasteiger partial charge in [-0.15, -0.1) is 5.10 Å². The first-order valence-corrected chi connectivity index (χ1v) is 4.97. The van der Waals surface area contributed by atoms with E-state index < -0.39 is 12.0 Å². The normalized spacial score (nSPS) is 12.4. The maximum Gasteiger partial charge on any atom is 0.326 e. The molecule has 2 aromatic rings. The fraction of sp³-hybridized carbons (Fsp3) is 0.300. The Kier molecular flexibility index (Phi) is 3.20. The molecule has 0 aliphatic heterocycles. The van der Waals surface area contributed by atoms with Crippen molar-refractivity contribution >= 4 is 11.6 Å². The first-order valence-electron chi connectivity index (χ1n) is 4.97. The molecule has 0 saturated carbocycles. The third-order valence-corrected chi connectivity index (χ3v) is 2.15. The number of hydrogen-bond acceptors (Lipinski definition) is 6. The maximum atomic E-state index is 11.0. The largest absolute Gasteiger partial charge is 0.474 e. The number of nitrogens with zero attached hydrogens (tertiary/aromatic N) is 3. The van der Waals surface area contributed by atoms with Crippen molar-refractivity contribution in [3.8, 4) is 5.88 Å². The second-order valence-electron chi connectivity index (χ2n) is 3.34. The Morgan fingerprint density at radius 2 is 2.41 bits per heavy atom. The summed E-state index contributed by atoms with van der Waals surface area (Å²) >= 11 is 0. The molecular formula is C10H12N4O3. The molecule has 7 nitrogen and oxygen atoms in total. The van der Waals surface area contributed by atoms with E-state index in [1.165, 1.54) is 7.11 Å². The third kappa shape index (κ3) is 2.51. The van der Waals surface area contributed by atoms with E-state index >= 15 is 0 Å². The van der Waals surface area contributed by atoms with Crippen LogP contribution in [0.4, 0.5) is 0 Å². The average Bonchev–Trinajstić information content (AvgIpc) is 2.82. The van der Waals surface area contributed by atoms with Gasteiger partial charge >= 0.3 is 5.97 Å². The van der Waals surface area contributed by atoms with Crippen LogP contribution < -0.4 is 10.5 Å². The lowest BCUT2D eigenvalue weighted by Crippen LogP contribution is -2.37. The summed E-state index contributed by atoms with van der Waals surface area (Å²) < 4.78 is 11.3. The van der Waals surface area contributed by atoms with E-state index in [-0.39, 0.29) is 6.61 Å². The Morgan fingerprint density at radius 1 is 1.59 bits per heavy atom. The smallest absolute Gasteiger partial charge is 0.326 e. The fourth-order valence-electron chi connectivity index (χ4n) is 1.27. The van der Waals surface area contributed by atoms with Crippen LogP contribution in [0.2, 0.25) is 0 Å². The molecule has 90 valence electrons. The number of nitrogens with two attached hydrogens (primary N) is 1. The maximum absolute atomic E-state index is 11.0. The highest BCUT2D eigenvalue weighted by molar-refractivity contribution is 5.75. The average molecular weight is 236 g/mol. The first kappa shape index (κ1) is 11.3. The zero-order valence-corrected chi connectivity index (χ0v) is 9.24. The Morgan fingerprint density at radius 3 is 3.18 bits per heavy atom. The number of aromatic nitrogens is 3. The first-order chi connectivity index (χ1) is 8.20. The Balaban J connectivity index is 2.01. The van der Waals surface area contributed by atoms with Crippen LogP contribution in [-0.4, -0.2) is 40.3 Å². The predicted molar refractivity (Wildman–Crippen MR) is 58.5 cm³/mol. The fourth-order valence-corrected chi connectivity index (χ4v) is 1.27. The summed E-state index contributed by atoms with van der Waals surface area (Å²) in [6, 6.07) is 2.60. The van der Waals surface area contributed by atoms with Gasteiger partial charge in [-0.25, -0.2) is 9.50 Å². The van der Waals surface area contributed by atoms with E-state index in [9.17, 15) is 4.79 Å². The number of rotatable bonds is 4. The molecule has 2 aromatic heterocycles. The highest BCUT2D eigenvalue weighted by atomic mass is 16.5. The zero-order valence-electron chi connectivity index (χ0n) is 9.24. The summed E-state index contributed by atoms with van der Waals surface area (Å²) in [6.07, 6.45) is 3.33. The van der Waals surface area contributed by atoms with Crippen LogP contribution in [0.5, 0.6) is 5.88 Å². The van der Waals surface area contributed by atoms with Crippen molar-refractivity contribution in [2.45, 2.75) is 6.04 Å². The van der Waals surface area contributed by atoms with Gasteiger partial charge in [-0.05, 0) is 6.07 Å². The molecule has 2 heterocycles. The number of esters is 1. The van der Waals surface area contributed by atoms with Crippen LogP contribution in [0.1, 0.15) is 0 Å². The molecule has 2 N–H and O–H groups in total. The van der Waals surface area contributed by atoms with E-state index in [1.54, 1.807) is 29.0 Å². The lowest BCUT2D eigenvalue weighted by atomic mass is 10.3. The second kappa shape index (κ2) is 4.79. The molecule has 1 atom stereocenters. The lowest BCUT2D eigenvalue weighted by molar-refractivity contribution is -0.142. The lowest BCUT2D eigenvalue weighted by Gasteiger charge is -2.10. The highest BCUT2D eigenvalue weighted by Gasteiger charge is 2.14. The van der Waals surface area contributed by atoms with E-state index in [1.807, 2.05) is 0 Å². The molecule has 0 radical (unpaired) electrons. The summed E-state index contributed by atoms with van der Waals surface area (Å²) in [5, 5.41) is 4.12. The van der Waals surface area contributed by atoms with Crippen LogP contribution in [0, 0.1) is 0 Å². The van der Waals surface area contributed by atoms with Gasteiger partial charge in [0.25, 0.3) is 0 Å². The molecule has 1 unspecified atom stereocenters. The van der Waals surface area contributed by atoms with Gasteiger partial charge in [0.15, 0.2) is 5.65 Å². The molecule has 0 aliphatic carbocycles. The van der Waals surface area contributed by atoms with Gasteiger partial charge in [-0.2, -0.15) is 0 Å². The van der Waals surface area contributed by atoms with Crippen molar-refractivity contribution in [3.05, 3.63) is 24.5 Å². The number of ether oxygens (including phenoxy) is 2. The number of fused-ring (bicyclic) bond motifs is 1. The van der Waals surface area contributed by atoms with Gasteiger partial charge in [-0.1, -0.05) is 0 Å². The molecule has 0 spiro atoms. The van der Waals surface area contributed by atoms with Crippen molar-refractivity contribution in [1.82, 2.24) is 14.6 Å². The van der Waals surface area contributed by atoms with Gasteiger partial charge in [0, 0.05) is 18.5 Å². The minimum atomic E-state index is -0.819. The summed E-state index contributed by atoms with van der Waals surface area (Å²) in [5.41, 5.74) is 6.24. The van der Waals surface area contributed by atoms with E-state index in [4.69, 9.17) is 10.5 Å². The number of carbonyl (C=O) groups is 1. The van der Waals surface area contributed by atoms with Crippen LogP contribution >= 0.6 is 0 Å². The minimum Gasteiger partial charge on any atom is -0.474 e. The monoisotopic (exact) mass is 236 g/mol. The molecule has 0 saturated heterocycles. The van der Waals surface area contributed by atoms with Crippen molar-refractivity contribution in [2.75, 3.05) is 13.7 Å². The number of imidazole rings is 1. The van der Waals surface area contributed by atoms with Crippen LogP contribution in [-0.2, 0) is 9.53 Å². The number of hydrogen-bond donors (Lipinski definition) is 1. The predicted octanol–water partition coefficient (Wildman–Crippen LogP) is -0.392. The van der Waals surface area contributed by atoms with Crippen LogP contribution in [0.25, 0.3) is 5.65 Å². The zero-order chi connectivity index (χ0) is 12.3. The second-order valence-corrected chi connectivity index (χ2v) is 3.34. The van der Waals surface area contributed by atoms with Crippen molar-refractivity contribution in [2.24, 2.45) is 5.73 Å². The van der Waals surface area contributed by atoms with E-state index in [0.29, 0.717) is 5.88 Å². The summed E-state index contributed by atoms with van der Waals surface area (Å²) in [6.45, 7) is 0.0138. The van der Waals surface area contributed by atoms with E-state index in [0.717, 1.165) is 5.65 Å². The molecule has 0 aliphatic rings. The molecule has 17 heavy (non-hydrogen) atoms. The number of methoxy groups -OCH3 is 1. The van der Waals surface area contributed by atoms with Gasteiger partial charge in [0.2, 0.25) is 5.88 Å². The molecule has 0 fully saturated rings. The van der Waals surface area contributed by atoms with Crippen LogP contribution in [0.3, 0.4) is 0 Å². The quantitative estimate of drug-likeness (QED) is 0.727. The standard InChI is InChI=1S/C10H12N4O3/c1-16-10(15)7(11)6-17-9-3-2-8-12-4-5-14(8)13-9/h2-5,7H,6,11H2,1H3. The molecule has 7 heteroatoms. The molecule has 0 bridgehead atoms. The highest BCUT2D eigenvalue weighted by Crippen LogP contribution is 2.07. The number of carbonyl (C=O) groups excluding carboxylic acids is 1. The minimum absolute atomic E-state index is 0.0138. The van der Waals surface area contributed by atoms with Crippen molar-refractivity contribution in [1.29, 1.82) is 0 Å². The van der Waals surface area contributed by atoms with Gasteiger partial charge in [-0.3, -0.25) is 4.79 Å². The Labute approximate surface area is 97.1 Å². The third-order valence-electron chi connectivity index (χ3n) is 2.15. The molecule has 0 aromatic carbocycles. The molecular weight excluding hydrogens is 224 g/mol. The SMILES string of the molecule is COC(=O)C(N)COc1ccc2nccn2n1. The van der Waals surface area contributed by atoms with Crippen molar-refractivity contribution < 1.29 is 14.3 Å². The van der Waals surface area contributed by atoms with Crippen LogP contribution in [0.15, 0.2) is 24.5 Å². The summed E-state index contributed by atoms with van der Waals surface area (Å²) in [5.74, 6) is -0.149. The topological polar surface area (TPSA) is 91.7 Å².